The molecule has 0 saturated heterocycles. The Balaban J connectivity index is -0.000000173. The first-order valence-corrected chi connectivity index (χ1v) is 2.40. The van der Waals surface area contributed by atoms with Crippen LogP contribution in [0.15, 0.2) is 12.2 Å². The van der Waals surface area contributed by atoms with Crippen molar-refractivity contribution in [2.24, 2.45) is 0 Å². The van der Waals surface area contributed by atoms with Crippen LogP contribution in [0.4, 0.5) is 4.79 Å². The second kappa shape index (κ2) is 11.0. The summed E-state index contributed by atoms with van der Waals surface area (Å²) in [5, 5.41) is 30.9. The summed E-state index contributed by atoms with van der Waals surface area (Å²) in [6.45, 7) is 0. The van der Waals surface area contributed by atoms with Crippen LogP contribution in [0.5, 0.6) is 0 Å². The van der Waals surface area contributed by atoms with E-state index in [1.165, 1.54) is 0 Å². The molecule has 0 aliphatic carbocycles. The van der Waals surface area contributed by atoms with Crippen LogP contribution >= 0.6 is 0 Å². The van der Waals surface area contributed by atoms with Crippen molar-refractivity contribution < 1.29 is 64.4 Å². The van der Waals surface area contributed by atoms with Gasteiger partial charge in [0.15, 0.2) is 0 Å². The zero-order valence-corrected chi connectivity index (χ0v) is 8.63. The summed E-state index contributed by atoms with van der Waals surface area (Å²) in [4.78, 5) is 27.6. The Hall–Kier alpha value is -1.05. The third-order valence-corrected chi connectivity index (χ3v) is 0.368. The van der Waals surface area contributed by atoms with Gasteiger partial charge in [-0.05, 0) is 0 Å². The van der Waals surface area contributed by atoms with E-state index in [2.05, 4.69) is 0 Å². The van der Waals surface area contributed by atoms with Crippen molar-refractivity contribution in [3.8, 4) is 0 Å². The van der Waals surface area contributed by atoms with Crippen LogP contribution < -0.4 is 34.7 Å². The summed E-state index contributed by atoms with van der Waals surface area (Å²) < 4.78 is 0. The van der Waals surface area contributed by atoms with Crippen LogP contribution in [-0.4, -0.2) is 33.4 Å². The van der Waals surface area contributed by atoms with E-state index in [0.717, 1.165) is 0 Å². The SMILES string of the molecule is O=C(O)/C=C/C(=O)O.O=C([O-])O.[Na+]. The minimum absolute atomic E-state index is 0. The van der Waals surface area contributed by atoms with Gasteiger partial charge in [-0.25, -0.2) is 9.59 Å². The number of rotatable bonds is 2. The molecule has 0 aliphatic rings. The molecule has 7 nitrogen and oxygen atoms in total. The molecule has 0 rings (SSSR count). The average Bonchev–Trinajstić information content (AvgIpc) is 1.82. The van der Waals surface area contributed by atoms with E-state index in [4.69, 9.17) is 25.2 Å². The Morgan fingerprint density at radius 1 is 0.923 bits per heavy atom. The van der Waals surface area contributed by atoms with Crippen molar-refractivity contribution in [3.05, 3.63) is 12.2 Å². The van der Waals surface area contributed by atoms with Gasteiger partial charge in [-0.15, -0.1) is 0 Å². The average molecular weight is 200 g/mol. The molecule has 68 valence electrons. The van der Waals surface area contributed by atoms with Crippen molar-refractivity contribution >= 4 is 18.1 Å². The number of hydrogen-bond acceptors (Lipinski definition) is 4. The first kappa shape index (κ1) is 17.9. The van der Waals surface area contributed by atoms with Crippen LogP contribution in [0.25, 0.3) is 0 Å². The van der Waals surface area contributed by atoms with Crippen LogP contribution in [-0.2, 0) is 9.59 Å². The molecule has 13 heavy (non-hydrogen) atoms. The van der Waals surface area contributed by atoms with Crippen molar-refractivity contribution in [1.82, 2.24) is 0 Å². The van der Waals surface area contributed by atoms with Crippen molar-refractivity contribution in [2.75, 3.05) is 0 Å². The number of aliphatic carboxylic acids is 2. The molecule has 0 unspecified atom stereocenters. The van der Waals surface area contributed by atoms with Crippen molar-refractivity contribution in [2.45, 2.75) is 0 Å². The van der Waals surface area contributed by atoms with Crippen LogP contribution in [0.1, 0.15) is 0 Å². The summed E-state index contributed by atoms with van der Waals surface area (Å²) in [6, 6.07) is 0. The molecule has 0 saturated carbocycles. The Morgan fingerprint density at radius 2 is 1.08 bits per heavy atom. The number of carboxylic acids is 2. The standard InChI is InChI=1S/C4H4O4.CH2O3.Na/c5-3(6)1-2-4(7)8;2-1(3)4;/h1-2H,(H,5,6)(H,7,8);(H2,2,3,4);/q;;+1/p-1/b2-1+;;. The molecule has 0 aromatic carbocycles. The fourth-order valence-electron chi connectivity index (χ4n) is 0.143. The third-order valence-electron chi connectivity index (χ3n) is 0.368. The van der Waals surface area contributed by atoms with E-state index in [0.29, 0.717) is 12.2 Å². The molecule has 0 atom stereocenters. The van der Waals surface area contributed by atoms with Gasteiger partial charge < -0.3 is 25.2 Å². The monoisotopic (exact) mass is 200 g/mol. The molecule has 0 aromatic rings. The molecule has 0 amide bonds. The molecule has 0 aromatic heterocycles. The molecule has 0 aliphatic heterocycles. The van der Waals surface area contributed by atoms with E-state index in [-0.39, 0.29) is 29.6 Å². The largest absolute Gasteiger partial charge is 1.00 e. The summed E-state index contributed by atoms with van der Waals surface area (Å²) >= 11 is 0. The molecule has 3 N–H and O–H groups in total. The Morgan fingerprint density at radius 3 is 1.15 bits per heavy atom. The van der Waals surface area contributed by atoms with Gasteiger partial charge >= 0.3 is 41.5 Å². The normalized spacial score (nSPS) is 7.69. The molecule has 0 bridgehead atoms. The van der Waals surface area contributed by atoms with E-state index in [1.807, 2.05) is 0 Å². The maximum atomic E-state index is 9.55. The maximum absolute atomic E-state index is 9.55. The van der Waals surface area contributed by atoms with Gasteiger partial charge in [0.1, 0.15) is 0 Å². The number of hydrogen-bond donors (Lipinski definition) is 3. The van der Waals surface area contributed by atoms with E-state index in [1.54, 1.807) is 0 Å². The zero-order chi connectivity index (χ0) is 10.1. The van der Waals surface area contributed by atoms with Gasteiger partial charge in [0, 0.05) is 12.2 Å². The Kier molecular flexibility index (Phi) is 15.1. The van der Waals surface area contributed by atoms with Crippen molar-refractivity contribution in [3.63, 3.8) is 0 Å². The number of carboxylic acid groups (broad SMARTS) is 4. The second-order valence-corrected chi connectivity index (χ2v) is 1.28. The van der Waals surface area contributed by atoms with Gasteiger partial charge in [-0.1, -0.05) is 0 Å². The fourth-order valence-corrected chi connectivity index (χ4v) is 0.143. The topological polar surface area (TPSA) is 135 Å². The van der Waals surface area contributed by atoms with Crippen LogP contribution in [0.2, 0.25) is 0 Å². The third kappa shape index (κ3) is 56.2. The first-order chi connectivity index (χ1) is 5.36. The molecule has 0 spiro atoms. The Bertz CT molecular complexity index is 189. The zero-order valence-electron chi connectivity index (χ0n) is 6.63. The summed E-state index contributed by atoms with van der Waals surface area (Å²) in [5.74, 6) is -2.51. The summed E-state index contributed by atoms with van der Waals surface area (Å²) in [5.41, 5.74) is 0. The maximum Gasteiger partial charge on any atom is 1.00 e. The van der Waals surface area contributed by atoms with E-state index < -0.39 is 18.1 Å². The molecule has 0 heterocycles. The quantitative estimate of drug-likeness (QED) is 0.302. The molecule has 0 fully saturated rings. The van der Waals surface area contributed by atoms with Crippen LogP contribution in [0.3, 0.4) is 0 Å². The summed E-state index contributed by atoms with van der Waals surface area (Å²) in [7, 11) is 0. The second-order valence-electron chi connectivity index (χ2n) is 1.28. The Labute approximate surface area is 94.6 Å². The van der Waals surface area contributed by atoms with Gasteiger partial charge in [0.05, 0.1) is 0 Å². The predicted octanol–water partition coefficient (Wildman–Crippen LogP) is -4.40. The molecular weight excluding hydrogens is 195 g/mol. The minimum atomic E-state index is -2.08. The first-order valence-electron chi connectivity index (χ1n) is 2.40. The smallest absolute Gasteiger partial charge is 0.565 e. The van der Waals surface area contributed by atoms with Gasteiger partial charge in [-0.2, -0.15) is 0 Å². The number of carbonyl (C=O) groups is 3. The minimum Gasteiger partial charge on any atom is -0.565 e. The molecule has 8 heteroatoms. The summed E-state index contributed by atoms with van der Waals surface area (Å²) in [6.07, 6.45) is -0.968. The van der Waals surface area contributed by atoms with Gasteiger partial charge in [0.25, 0.3) is 0 Å². The fraction of sp³-hybridized carbons (Fsp3) is 0. The predicted molar refractivity (Wildman–Crippen MR) is 32.4 cm³/mol. The van der Waals surface area contributed by atoms with Crippen LogP contribution in [0, 0.1) is 0 Å². The van der Waals surface area contributed by atoms with Gasteiger partial charge in [-0.3, -0.25) is 0 Å². The van der Waals surface area contributed by atoms with E-state index in [9.17, 15) is 9.59 Å². The van der Waals surface area contributed by atoms with Gasteiger partial charge in [0.2, 0.25) is 6.16 Å². The molecular formula is C5H5NaO7. The molecule has 0 radical (unpaired) electrons. The van der Waals surface area contributed by atoms with E-state index >= 15 is 0 Å². The van der Waals surface area contributed by atoms with Crippen molar-refractivity contribution in [1.29, 1.82) is 0 Å².